The number of hydrogen-bond acceptors (Lipinski definition) is 3. The van der Waals surface area contributed by atoms with Crippen LogP contribution in [0.2, 0.25) is 0 Å². The fraction of sp³-hybridized carbons (Fsp3) is 0.500. The third-order valence-corrected chi connectivity index (χ3v) is 4.64. The van der Waals surface area contributed by atoms with Crippen molar-refractivity contribution in [3.05, 3.63) is 47.8 Å². The fourth-order valence-corrected chi connectivity index (χ4v) is 3.34. The van der Waals surface area contributed by atoms with Crippen molar-refractivity contribution >= 4 is 0 Å². The maximum atomic E-state index is 4.53. The van der Waals surface area contributed by atoms with E-state index < -0.39 is 0 Å². The van der Waals surface area contributed by atoms with E-state index in [0.29, 0.717) is 6.04 Å². The zero-order valence-corrected chi connectivity index (χ0v) is 13.9. The summed E-state index contributed by atoms with van der Waals surface area (Å²) in [7, 11) is 4.44. The average Bonchev–Trinajstić information content (AvgIpc) is 3.10. The van der Waals surface area contributed by atoms with Crippen LogP contribution in [0.1, 0.15) is 24.0 Å². The second kappa shape index (κ2) is 6.63. The smallest absolute Gasteiger partial charge is 0.0674 e. The van der Waals surface area contributed by atoms with Gasteiger partial charge in [0.1, 0.15) is 0 Å². The van der Waals surface area contributed by atoms with Gasteiger partial charge in [-0.05, 0) is 52.0 Å². The van der Waals surface area contributed by atoms with Crippen molar-refractivity contribution in [3.63, 3.8) is 0 Å². The highest BCUT2D eigenvalue weighted by atomic mass is 15.3. The molecule has 0 N–H and O–H groups in total. The highest BCUT2D eigenvalue weighted by molar-refractivity contribution is 5.39. The van der Waals surface area contributed by atoms with E-state index in [9.17, 15) is 0 Å². The molecule has 1 aromatic carbocycles. The molecule has 0 amide bonds. The number of hydrogen-bond donors (Lipinski definition) is 0. The standard InChI is InChI=1S/C18H26N4/c1-15-7-4-5-9-18(15)22-13-16(11-19-22)12-20(2)14-17-8-6-10-21(17)3/h4-5,7,9,11,13,17H,6,8,10,12,14H2,1-3H3. The molecule has 1 aromatic heterocycles. The van der Waals surface area contributed by atoms with E-state index >= 15 is 0 Å². The second-order valence-corrected chi connectivity index (χ2v) is 6.55. The van der Waals surface area contributed by atoms with E-state index in [1.165, 1.54) is 30.5 Å². The Morgan fingerprint density at radius 2 is 2.14 bits per heavy atom. The molecule has 4 heteroatoms. The molecule has 0 saturated carbocycles. The van der Waals surface area contributed by atoms with Crippen LogP contribution in [0.4, 0.5) is 0 Å². The van der Waals surface area contributed by atoms with Crippen molar-refractivity contribution in [2.24, 2.45) is 0 Å². The zero-order valence-electron chi connectivity index (χ0n) is 13.9. The van der Waals surface area contributed by atoms with Gasteiger partial charge in [-0.3, -0.25) is 0 Å². The van der Waals surface area contributed by atoms with Gasteiger partial charge >= 0.3 is 0 Å². The summed E-state index contributed by atoms with van der Waals surface area (Å²) in [5.74, 6) is 0. The molecule has 0 spiro atoms. The van der Waals surface area contributed by atoms with Crippen molar-refractivity contribution in [3.8, 4) is 5.69 Å². The summed E-state index contributed by atoms with van der Waals surface area (Å²) >= 11 is 0. The van der Waals surface area contributed by atoms with Crippen LogP contribution in [0, 0.1) is 6.92 Å². The molecule has 1 unspecified atom stereocenters. The monoisotopic (exact) mass is 298 g/mol. The number of para-hydroxylation sites is 1. The molecule has 22 heavy (non-hydrogen) atoms. The SMILES string of the molecule is Cc1ccccc1-n1cc(CN(C)CC2CCCN2C)cn1. The predicted octanol–water partition coefficient (Wildman–Crippen LogP) is 2.71. The summed E-state index contributed by atoms with van der Waals surface area (Å²) < 4.78 is 1.99. The first-order valence-electron chi connectivity index (χ1n) is 8.12. The Kier molecular flexibility index (Phi) is 4.60. The molecular formula is C18H26N4. The van der Waals surface area contributed by atoms with Gasteiger partial charge < -0.3 is 9.80 Å². The van der Waals surface area contributed by atoms with Crippen molar-refractivity contribution in [2.45, 2.75) is 32.4 Å². The minimum atomic E-state index is 0.705. The topological polar surface area (TPSA) is 24.3 Å². The van der Waals surface area contributed by atoms with Gasteiger partial charge in [0, 0.05) is 30.9 Å². The Balaban J connectivity index is 1.63. The lowest BCUT2D eigenvalue weighted by Crippen LogP contribution is -2.36. The predicted molar refractivity (Wildman–Crippen MR) is 90.3 cm³/mol. The molecule has 118 valence electrons. The highest BCUT2D eigenvalue weighted by Crippen LogP contribution is 2.17. The molecule has 2 aromatic rings. The Hall–Kier alpha value is -1.65. The number of likely N-dealkylation sites (tertiary alicyclic amines) is 1. The van der Waals surface area contributed by atoms with Crippen LogP contribution in [0.15, 0.2) is 36.7 Å². The molecule has 1 saturated heterocycles. The van der Waals surface area contributed by atoms with Gasteiger partial charge in [0.25, 0.3) is 0 Å². The first kappa shape index (κ1) is 15.3. The molecule has 2 heterocycles. The minimum absolute atomic E-state index is 0.705. The maximum Gasteiger partial charge on any atom is 0.0674 e. The molecule has 1 aliphatic rings. The van der Waals surface area contributed by atoms with Gasteiger partial charge in [-0.25, -0.2) is 4.68 Å². The lowest BCUT2D eigenvalue weighted by molar-refractivity contribution is 0.215. The zero-order chi connectivity index (χ0) is 15.5. The molecule has 1 fully saturated rings. The quantitative estimate of drug-likeness (QED) is 0.848. The van der Waals surface area contributed by atoms with Crippen molar-refractivity contribution in [1.29, 1.82) is 0 Å². The van der Waals surface area contributed by atoms with Crippen LogP contribution >= 0.6 is 0 Å². The summed E-state index contributed by atoms with van der Waals surface area (Å²) in [4.78, 5) is 4.89. The summed E-state index contributed by atoms with van der Waals surface area (Å²) in [6, 6.07) is 9.07. The Morgan fingerprint density at radius 1 is 1.32 bits per heavy atom. The maximum absolute atomic E-state index is 4.53. The van der Waals surface area contributed by atoms with Gasteiger partial charge in [0.05, 0.1) is 11.9 Å². The molecule has 0 radical (unpaired) electrons. The van der Waals surface area contributed by atoms with Crippen LogP contribution in [-0.2, 0) is 6.54 Å². The van der Waals surface area contributed by atoms with E-state index in [2.05, 4.69) is 66.4 Å². The van der Waals surface area contributed by atoms with Gasteiger partial charge in [-0.1, -0.05) is 18.2 Å². The first-order chi connectivity index (χ1) is 10.6. The number of rotatable bonds is 5. The van der Waals surface area contributed by atoms with Crippen LogP contribution in [-0.4, -0.2) is 52.8 Å². The summed E-state index contributed by atoms with van der Waals surface area (Å²) in [5.41, 5.74) is 3.68. The lowest BCUT2D eigenvalue weighted by Gasteiger charge is -2.25. The minimum Gasteiger partial charge on any atom is -0.302 e. The van der Waals surface area contributed by atoms with Gasteiger partial charge in [0.2, 0.25) is 0 Å². The van der Waals surface area contributed by atoms with Crippen LogP contribution < -0.4 is 0 Å². The molecular weight excluding hydrogens is 272 g/mol. The largest absolute Gasteiger partial charge is 0.302 e. The van der Waals surface area contributed by atoms with Crippen molar-refractivity contribution in [2.75, 3.05) is 27.2 Å². The summed E-state index contributed by atoms with van der Waals surface area (Å²) in [5, 5.41) is 4.53. The van der Waals surface area contributed by atoms with Crippen molar-refractivity contribution in [1.82, 2.24) is 19.6 Å². The Bertz CT molecular complexity index is 619. The van der Waals surface area contributed by atoms with Crippen LogP contribution in [0.5, 0.6) is 0 Å². The molecule has 1 atom stereocenters. The van der Waals surface area contributed by atoms with E-state index in [1.54, 1.807) is 0 Å². The third kappa shape index (κ3) is 3.39. The van der Waals surface area contributed by atoms with Crippen LogP contribution in [0.3, 0.4) is 0 Å². The number of likely N-dealkylation sites (N-methyl/N-ethyl adjacent to an activating group) is 2. The van der Waals surface area contributed by atoms with Gasteiger partial charge in [-0.15, -0.1) is 0 Å². The second-order valence-electron chi connectivity index (χ2n) is 6.55. The molecule has 3 rings (SSSR count). The van der Waals surface area contributed by atoms with E-state index in [1.807, 2.05) is 10.9 Å². The average molecular weight is 298 g/mol. The van der Waals surface area contributed by atoms with E-state index in [4.69, 9.17) is 0 Å². The fourth-order valence-electron chi connectivity index (χ4n) is 3.34. The highest BCUT2D eigenvalue weighted by Gasteiger charge is 2.22. The number of aromatic nitrogens is 2. The normalized spacial score (nSPS) is 19.2. The number of benzene rings is 1. The third-order valence-electron chi connectivity index (χ3n) is 4.64. The first-order valence-corrected chi connectivity index (χ1v) is 8.12. The molecule has 4 nitrogen and oxygen atoms in total. The molecule has 1 aliphatic heterocycles. The van der Waals surface area contributed by atoms with E-state index in [0.717, 1.165) is 18.8 Å². The van der Waals surface area contributed by atoms with Gasteiger partial charge in [-0.2, -0.15) is 5.10 Å². The van der Waals surface area contributed by atoms with Crippen LogP contribution in [0.25, 0.3) is 5.69 Å². The lowest BCUT2D eigenvalue weighted by atomic mass is 10.2. The Morgan fingerprint density at radius 3 is 2.86 bits per heavy atom. The summed E-state index contributed by atoms with van der Waals surface area (Å²) in [6.45, 7) is 5.45. The molecule has 0 bridgehead atoms. The van der Waals surface area contributed by atoms with Crippen molar-refractivity contribution < 1.29 is 0 Å². The number of aryl methyl sites for hydroxylation is 1. The molecule has 0 aliphatic carbocycles. The summed E-state index contributed by atoms with van der Waals surface area (Å²) in [6.07, 6.45) is 6.79. The Labute approximate surface area is 133 Å². The number of nitrogens with zero attached hydrogens (tertiary/aromatic N) is 4. The van der Waals surface area contributed by atoms with Gasteiger partial charge in [0.15, 0.2) is 0 Å². The van der Waals surface area contributed by atoms with E-state index in [-0.39, 0.29) is 0 Å².